The van der Waals surface area contributed by atoms with E-state index in [-0.39, 0.29) is 14.9 Å². The molecule has 1 heterocycles. The Morgan fingerprint density at radius 1 is 0.818 bits per heavy atom. The number of likely N-dealkylation sites (tertiary alicyclic amines) is 1. The van der Waals surface area contributed by atoms with Crippen LogP contribution in [-0.4, -0.2) is 31.1 Å². The van der Waals surface area contributed by atoms with E-state index in [2.05, 4.69) is 38.8 Å². The SMILES string of the molecule is CC1CCC2C(C1)C1C(C3CCCCC3C1[Si](C)(C)C1CCCC1)N2C(C)C.[CH3-].[CH3-].[Cl][Zr+2][Cl]. The summed E-state index contributed by atoms with van der Waals surface area (Å²) in [7, 11) is 8.65. The van der Waals surface area contributed by atoms with Gasteiger partial charge in [0.1, 0.15) is 0 Å². The molecule has 0 bridgehead atoms. The molecule has 192 valence electrons. The maximum absolute atomic E-state index is 4.93. The van der Waals surface area contributed by atoms with Gasteiger partial charge in [0.05, 0.1) is 8.07 Å². The van der Waals surface area contributed by atoms with Gasteiger partial charge in [0, 0.05) is 18.1 Å². The van der Waals surface area contributed by atoms with Crippen LogP contribution in [0.25, 0.3) is 0 Å². The van der Waals surface area contributed by atoms with Crippen LogP contribution < -0.4 is 0 Å². The van der Waals surface area contributed by atoms with E-state index in [0.717, 1.165) is 58.8 Å². The van der Waals surface area contributed by atoms with E-state index in [0.29, 0.717) is 0 Å². The van der Waals surface area contributed by atoms with E-state index in [4.69, 9.17) is 17.0 Å². The fourth-order valence-corrected chi connectivity index (χ4v) is 15.3. The Labute approximate surface area is 227 Å². The molecule has 5 heteroatoms. The van der Waals surface area contributed by atoms with Gasteiger partial charge >= 0.3 is 37.9 Å². The summed E-state index contributed by atoms with van der Waals surface area (Å²) in [4.78, 5) is 3.14. The standard InChI is InChI=1S/C26H47NSi.2CH3.2ClH.Zr/c1-17(2)27-23-15-14-18(3)16-22(23)24-25(27)20-12-8-9-13-21(20)26(24)28(4,5)19-10-6-7-11-19;;;;;/h17-26H,6-16H2,1-5H3;2*1H3;2*1H;/q;2*-1;;;+4/p-2. The third-order valence-electron chi connectivity index (χ3n) is 10.8. The molecule has 1 nitrogen and oxygen atoms in total. The Morgan fingerprint density at radius 2 is 1.36 bits per heavy atom. The van der Waals surface area contributed by atoms with Crippen LogP contribution in [0.4, 0.5) is 0 Å². The van der Waals surface area contributed by atoms with Gasteiger partial charge in [-0.1, -0.05) is 65.0 Å². The summed E-state index contributed by atoms with van der Waals surface area (Å²) < 4.78 is 0. The van der Waals surface area contributed by atoms with Gasteiger partial charge in [-0.3, -0.25) is 4.90 Å². The van der Waals surface area contributed by atoms with Crippen molar-refractivity contribution in [1.82, 2.24) is 4.90 Å². The molecule has 8 unspecified atom stereocenters. The number of halogens is 2. The first-order valence-electron chi connectivity index (χ1n) is 13.6. The van der Waals surface area contributed by atoms with Crippen LogP contribution >= 0.6 is 17.0 Å². The third kappa shape index (κ3) is 5.73. The number of nitrogens with zero attached hydrogens (tertiary/aromatic N) is 1. The number of rotatable bonds is 3. The van der Waals surface area contributed by atoms with Crippen LogP contribution in [0.3, 0.4) is 0 Å². The second-order valence-electron chi connectivity index (χ2n) is 12.8. The molecule has 5 fully saturated rings. The second kappa shape index (κ2) is 12.9. The summed E-state index contributed by atoms with van der Waals surface area (Å²) in [5.74, 6) is 5.25. The normalized spacial score (nSPS) is 40.5. The minimum absolute atomic E-state index is 0. The Morgan fingerprint density at radius 3 is 1.94 bits per heavy atom. The third-order valence-corrected chi connectivity index (χ3v) is 16.0. The van der Waals surface area contributed by atoms with Crippen molar-refractivity contribution in [2.45, 2.75) is 134 Å². The topological polar surface area (TPSA) is 3.24 Å². The van der Waals surface area contributed by atoms with Gasteiger partial charge in [-0.2, -0.15) is 0 Å². The van der Waals surface area contributed by atoms with E-state index in [1.807, 2.05) is 0 Å². The van der Waals surface area contributed by atoms with Gasteiger partial charge in [0.25, 0.3) is 0 Å². The van der Waals surface area contributed by atoms with Gasteiger partial charge in [-0.15, -0.1) is 0 Å². The summed E-state index contributed by atoms with van der Waals surface area (Å²) >= 11 is -0.826. The first kappa shape index (κ1) is 30.9. The number of fused-ring (bicyclic) bond motifs is 5. The average molecular weight is 594 g/mol. The van der Waals surface area contributed by atoms with E-state index in [9.17, 15) is 0 Å². The maximum atomic E-state index is 4.93. The summed E-state index contributed by atoms with van der Waals surface area (Å²) in [5.41, 5.74) is 2.29. The van der Waals surface area contributed by atoms with Crippen LogP contribution in [-0.2, 0) is 20.8 Å². The quantitative estimate of drug-likeness (QED) is 0.233. The molecule has 1 saturated heterocycles. The van der Waals surface area contributed by atoms with Crippen molar-refractivity contribution in [2.24, 2.45) is 29.6 Å². The number of hydrogen-bond acceptors (Lipinski definition) is 1. The van der Waals surface area contributed by atoms with Crippen LogP contribution in [0.1, 0.15) is 91.4 Å². The van der Waals surface area contributed by atoms with E-state index in [1.165, 1.54) is 32.1 Å². The predicted octanol–water partition coefficient (Wildman–Crippen LogP) is 9.62. The Bertz CT molecular complexity index is 596. The molecule has 0 aromatic heterocycles. The molecule has 8 atom stereocenters. The number of hydrogen-bond donors (Lipinski definition) is 0. The van der Waals surface area contributed by atoms with Crippen molar-refractivity contribution in [3.63, 3.8) is 0 Å². The van der Waals surface area contributed by atoms with Crippen molar-refractivity contribution >= 4 is 25.1 Å². The zero-order valence-corrected chi connectivity index (χ0v) is 27.7. The summed E-state index contributed by atoms with van der Waals surface area (Å²) in [6.07, 6.45) is 17.0. The van der Waals surface area contributed by atoms with Crippen LogP contribution in [0.15, 0.2) is 0 Å². The van der Waals surface area contributed by atoms with Gasteiger partial charge in [-0.25, -0.2) is 0 Å². The van der Waals surface area contributed by atoms with Gasteiger partial charge in [-0.05, 0) is 80.2 Å². The predicted molar refractivity (Wildman–Crippen MR) is 148 cm³/mol. The first-order valence-corrected chi connectivity index (χ1v) is 23.0. The Kier molecular flexibility index (Phi) is 12.1. The van der Waals surface area contributed by atoms with Crippen molar-refractivity contribution in [2.75, 3.05) is 0 Å². The molecule has 4 aliphatic carbocycles. The van der Waals surface area contributed by atoms with Gasteiger partial charge in [0.15, 0.2) is 0 Å². The van der Waals surface area contributed by atoms with E-state index in [1.54, 1.807) is 38.5 Å². The molecule has 0 N–H and O–H groups in total. The monoisotopic (exact) mass is 591 g/mol. The van der Waals surface area contributed by atoms with Gasteiger partial charge in [0.2, 0.25) is 0 Å². The summed E-state index contributed by atoms with van der Waals surface area (Å²) in [5, 5.41) is 0. The van der Waals surface area contributed by atoms with Crippen LogP contribution in [0.5, 0.6) is 0 Å². The van der Waals surface area contributed by atoms with E-state index < -0.39 is 28.9 Å². The Balaban J connectivity index is 0.000000733. The fraction of sp³-hybridized carbons (Fsp3) is 0.929. The van der Waals surface area contributed by atoms with Crippen LogP contribution in [0, 0.1) is 44.4 Å². The molecule has 4 saturated carbocycles. The molecule has 0 aromatic carbocycles. The summed E-state index contributed by atoms with van der Waals surface area (Å²) in [6.45, 7) is 13.4. The Hall–Kier alpha value is 1.64. The fourth-order valence-electron chi connectivity index (χ4n) is 9.91. The van der Waals surface area contributed by atoms with Gasteiger partial charge < -0.3 is 14.9 Å². The molecule has 0 amide bonds. The average Bonchev–Trinajstić information content (AvgIpc) is 3.43. The molecule has 0 radical (unpaired) electrons. The van der Waals surface area contributed by atoms with Crippen molar-refractivity contribution in [1.29, 1.82) is 0 Å². The second-order valence-corrected chi connectivity index (χ2v) is 21.6. The molecule has 0 aromatic rings. The molecule has 33 heavy (non-hydrogen) atoms. The molecule has 0 spiro atoms. The molecular formula is C28H53Cl2NSiZr. The summed E-state index contributed by atoms with van der Waals surface area (Å²) in [6, 6.07) is 2.65. The van der Waals surface area contributed by atoms with E-state index >= 15 is 0 Å². The molecule has 1 aliphatic heterocycles. The van der Waals surface area contributed by atoms with Crippen molar-refractivity contribution < 1.29 is 20.8 Å². The molecule has 5 rings (SSSR count). The van der Waals surface area contributed by atoms with Crippen molar-refractivity contribution in [3.05, 3.63) is 14.9 Å². The molecular weight excluding hydrogens is 541 g/mol. The minimum atomic E-state index is -1.22. The molecule has 5 aliphatic rings. The van der Waals surface area contributed by atoms with Crippen molar-refractivity contribution in [3.8, 4) is 0 Å². The zero-order chi connectivity index (χ0) is 22.3. The first-order chi connectivity index (χ1) is 14.8. The zero-order valence-electron chi connectivity index (χ0n) is 22.8. The van der Waals surface area contributed by atoms with Crippen LogP contribution in [0.2, 0.25) is 24.2 Å².